The lowest BCUT2D eigenvalue weighted by atomic mass is 10.0. The molecule has 0 aromatic heterocycles. The predicted molar refractivity (Wildman–Crippen MR) is 73.5 cm³/mol. The van der Waals surface area contributed by atoms with Crippen molar-refractivity contribution in [1.29, 1.82) is 0 Å². The highest BCUT2D eigenvalue weighted by Gasteiger charge is 2.33. The second-order valence-electron chi connectivity index (χ2n) is 5.78. The van der Waals surface area contributed by atoms with Crippen LogP contribution in [0.4, 0.5) is 0 Å². The number of likely N-dealkylation sites (tertiary alicyclic amines) is 1. The molecule has 0 radical (unpaired) electrons. The van der Waals surface area contributed by atoms with Gasteiger partial charge in [0.15, 0.2) is 0 Å². The summed E-state index contributed by atoms with van der Waals surface area (Å²) in [7, 11) is 2.19. The Morgan fingerprint density at radius 1 is 1.44 bits per heavy atom. The van der Waals surface area contributed by atoms with Crippen LogP contribution >= 0.6 is 0 Å². The minimum Gasteiger partial charge on any atom is -0.340 e. The van der Waals surface area contributed by atoms with E-state index in [0.717, 1.165) is 38.5 Å². The van der Waals surface area contributed by atoms with Crippen LogP contribution in [-0.4, -0.2) is 60.5 Å². The first-order chi connectivity index (χ1) is 8.63. The Bertz CT molecular complexity index is 289. The average molecular weight is 253 g/mol. The second kappa shape index (κ2) is 6.02. The van der Waals surface area contributed by atoms with E-state index in [9.17, 15) is 4.79 Å². The van der Waals surface area contributed by atoms with Crippen molar-refractivity contribution in [3.8, 4) is 0 Å². The van der Waals surface area contributed by atoms with Gasteiger partial charge in [-0.05, 0) is 46.2 Å². The Hall–Kier alpha value is -0.610. The molecule has 1 aliphatic heterocycles. The van der Waals surface area contributed by atoms with Crippen LogP contribution in [0.1, 0.15) is 39.5 Å². The first-order valence-electron chi connectivity index (χ1n) is 7.37. The van der Waals surface area contributed by atoms with Crippen LogP contribution in [0.25, 0.3) is 0 Å². The molecule has 1 saturated heterocycles. The molecule has 1 amide bonds. The lowest BCUT2D eigenvalue weighted by molar-refractivity contribution is -0.136. The van der Waals surface area contributed by atoms with E-state index in [4.69, 9.17) is 0 Å². The number of rotatable bonds is 6. The zero-order valence-electron chi connectivity index (χ0n) is 12.0. The van der Waals surface area contributed by atoms with Crippen LogP contribution < -0.4 is 5.32 Å². The van der Waals surface area contributed by atoms with Crippen LogP contribution in [-0.2, 0) is 4.79 Å². The van der Waals surface area contributed by atoms with Crippen molar-refractivity contribution in [3.63, 3.8) is 0 Å². The molecule has 0 aromatic rings. The summed E-state index contributed by atoms with van der Waals surface area (Å²) < 4.78 is 0. The van der Waals surface area contributed by atoms with Gasteiger partial charge in [-0.2, -0.15) is 0 Å². The van der Waals surface area contributed by atoms with Crippen molar-refractivity contribution < 1.29 is 4.79 Å². The lowest BCUT2D eigenvalue weighted by Crippen LogP contribution is -2.53. The Balaban J connectivity index is 1.85. The molecule has 18 heavy (non-hydrogen) atoms. The van der Waals surface area contributed by atoms with E-state index in [2.05, 4.69) is 36.0 Å². The summed E-state index contributed by atoms with van der Waals surface area (Å²) in [4.78, 5) is 16.8. The fraction of sp³-hybridized carbons (Fsp3) is 0.929. The summed E-state index contributed by atoms with van der Waals surface area (Å²) in [5, 5.41) is 3.30. The maximum absolute atomic E-state index is 12.3. The molecule has 0 bridgehead atoms. The number of nitrogens with one attached hydrogen (secondary N) is 1. The highest BCUT2D eigenvalue weighted by atomic mass is 16.2. The third-order valence-electron chi connectivity index (χ3n) is 4.28. The zero-order chi connectivity index (χ0) is 13.1. The third kappa shape index (κ3) is 3.23. The number of carbonyl (C=O) groups is 1. The summed E-state index contributed by atoms with van der Waals surface area (Å²) in [5.74, 6) is 0.305. The van der Waals surface area contributed by atoms with Gasteiger partial charge in [0.2, 0.25) is 5.91 Å². The minimum absolute atomic E-state index is 0.0576. The largest absolute Gasteiger partial charge is 0.340 e. The summed E-state index contributed by atoms with van der Waals surface area (Å²) in [6, 6.07) is 1.30. The van der Waals surface area contributed by atoms with Crippen LogP contribution in [0.3, 0.4) is 0 Å². The molecular formula is C14H27N3O. The second-order valence-corrected chi connectivity index (χ2v) is 5.78. The first-order valence-corrected chi connectivity index (χ1v) is 7.37. The monoisotopic (exact) mass is 253 g/mol. The standard InChI is InChI=1S/C14H27N3O/c1-4-15-13-6-5-9-17(14(13)18)10-11(2)16(3)12-7-8-12/h11-13,15H,4-10H2,1-3H3. The van der Waals surface area contributed by atoms with Crippen molar-refractivity contribution in [1.82, 2.24) is 15.1 Å². The quantitative estimate of drug-likeness (QED) is 0.769. The van der Waals surface area contributed by atoms with Crippen molar-refractivity contribution in [2.45, 2.75) is 57.7 Å². The fourth-order valence-corrected chi connectivity index (χ4v) is 2.85. The molecule has 0 spiro atoms. The van der Waals surface area contributed by atoms with E-state index in [-0.39, 0.29) is 6.04 Å². The Morgan fingerprint density at radius 2 is 2.17 bits per heavy atom. The normalized spacial score (nSPS) is 26.8. The number of hydrogen-bond acceptors (Lipinski definition) is 3. The SMILES string of the molecule is CCNC1CCCN(CC(C)N(C)C2CC2)C1=O. The number of nitrogens with zero attached hydrogens (tertiary/aromatic N) is 2. The number of piperidine rings is 1. The van der Waals surface area contributed by atoms with Gasteiger partial charge in [0.1, 0.15) is 0 Å². The van der Waals surface area contributed by atoms with Gasteiger partial charge in [-0.25, -0.2) is 0 Å². The van der Waals surface area contributed by atoms with Gasteiger partial charge in [0, 0.05) is 25.2 Å². The molecule has 1 saturated carbocycles. The van der Waals surface area contributed by atoms with E-state index in [0.29, 0.717) is 11.9 Å². The van der Waals surface area contributed by atoms with Gasteiger partial charge in [0.25, 0.3) is 0 Å². The molecule has 2 atom stereocenters. The van der Waals surface area contributed by atoms with Gasteiger partial charge >= 0.3 is 0 Å². The van der Waals surface area contributed by atoms with Crippen LogP contribution in [0.5, 0.6) is 0 Å². The summed E-state index contributed by atoms with van der Waals surface area (Å²) in [6.45, 7) is 7.00. The molecule has 1 N–H and O–H groups in total. The fourth-order valence-electron chi connectivity index (χ4n) is 2.85. The number of hydrogen-bond donors (Lipinski definition) is 1. The molecule has 2 aliphatic rings. The number of amides is 1. The zero-order valence-corrected chi connectivity index (χ0v) is 12.0. The highest BCUT2D eigenvalue weighted by Crippen LogP contribution is 2.27. The average Bonchev–Trinajstić information content (AvgIpc) is 3.17. The van der Waals surface area contributed by atoms with Crippen molar-refractivity contribution >= 4 is 5.91 Å². The summed E-state index contributed by atoms with van der Waals surface area (Å²) in [5.41, 5.74) is 0. The Morgan fingerprint density at radius 3 is 2.78 bits per heavy atom. The van der Waals surface area contributed by atoms with E-state index in [1.165, 1.54) is 12.8 Å². The van der Waals surface area contributed by atoms with E-state index in [1.54, 1.807) is 0 Å². The highest BCUT2D eigenvalue weighted by molar-refractivity contribution is 5.82. The molecule has 2 fully saturated rings. The topological polar surface area (TPSA) is 35.6 Å². The van der Waals surface area contributed by atoms with E-state index in [1.807, 2.05) is 0 Å². The summed E-state index contributed by atoms with van der Waals surface area (Å²) >= 11 is 0. The van der Waals surface area contributed by atoms with E-state index < -0.39 is 0 Å². The van der Waals surface area contributed by atoms with Crippen LogP contribution in [0.15, 0.2) is 0 Å². The molecule has 104 valence electrons. The minimum atomic E-state index is 0.0576. The molecule has 4 heteroatoms. The van der Waals surface area contributed by atoms with Crippen molar-refractivity contribution in [2.75, 3.05) is 26.7 Å². The van der Waals surface area contributed by atoms with Crippen molar-refractivity contribution in [2.24, 2.45) is 0 Å². The molecule has 1 heterocycles. The van der Waals surface area contributed by atoms with Gasteiger partial charge in [-0.3, -0.25) is 9.69 Å². The molecule has 2 rings (SSSR count). The van der Waals surface area contributed by atoms with Gasteiger partial charge in [-0.1, -0.05) is 6.92 Å². The van der Waals surface area contributed by atoms with Gasteiger partial charge in [-0.15, -0.1) is 0 Å². The van der Waals surface area contributed by atoms with Gasteiger partial charge < -0.3 is 10.2 Å². The maximum Gasteiger partial charge on any atom is 0.239 e. The Kier molecular flexibility index (Phi) is 4.62. The maximum atomic E-state index is 12.3. The molecule has 2 unspecified atom stereocenters. The van der Waals surface area contributed by atoms with E-state index >= 15 is 0 Å². The predicted octanol–water partition coefficient (Wildman–Crippen LogP) is 1.07. The van der Waals surface area contributed by atoms with Crippen molar-refractivity contribution in [3.05, 3.63) is 0 Å². The third-order valence-corrected chi connectivity index (χ3v) is 4.28. The summed E-state index contributed by atoms with van der Waals surface area (Å²) in [6.07, 6.45) is 4.78. The molecular weight excluding hydrogens is 226 g/mol. The van der Waals surface area contributed by atoms with Crippen LogP contribution in [0, 0.1) is 0 Å². The smallest absolute Gasteiger partial charge is 0.239 e. The molecule has 1 aliphatic carbocycles. The first kappa shape index (κ1) is 13.8. The lowest BCUT2D eigenvalue weighted by Gasteiger charge is -2.36. The van der Waals surface area contributed by atoms with Gasteiger partial charge in [0.05, 0.1) is 6.04 Å². The molecule has 0 aromatic carbocycles. The van der Waals surface area contributed by atoms with Crippen LogP contribution in [0.2, 0.25) is 0 Å². The Labute approximate surface area is 111 Å². The number of likely N-dealkylation sites (N-methyl/N-ethyl adjacent to an activating group) is 2. The number of carbonyl (C=O) groups excluding carboxylic acids is 1. The molecule has 4 nitrogen and oxygen atoms in total.